The van der Waals surface area contributed by atoms with Crippen molar-refractivity contribution >= 4 is 17.0 Å². The van der Waals surface area contributed by atoms with E-state index < -0.39 is 11.1 Å². The van der Waals surface area contributed by atoms with Gasteiger partial charge in [-0.25, -0.2) is 4.21 Å². The van der Waals surface area contributed by atoms with Crippen LogP contribution in [0.5, 0.6) is 0 Å². The van der Waals surface area contributed by atoms with Crippen molar-refractivity contribution in [2.24, 2.45) is 5.92 Å². The molecule has 1 unspecified atom stereocenters. The molecule has 0 radical (unpaired) electrons. The minimum atomic E-state index is -1.39. The molecule has 1 heterocycles. The Kier molecular flexibility index (Phi) is 6.58. The lowest BCUT2D eigenvalue weighted by Crippen LogP contribution is -2.39. The van der Waals surface area contributed by atoms with Gasteiger partial charge in [0.25, 0.3) is 0 Å². The van der Waals surface area contributed by atoms with Gasteiger partial charge in [0.2, 0.25) is 5.91 Å². The summed E-state index contributed by atoms with van der Waals surface area (Å²) in [5, 5.41) is 0. The molecule has 0 N–H and O–H groups in total. The van der Waals surface area contributed by atoms with E-state index in [0.717, 1.165) is 37.9 Å². The van der Waals surface area contributed by atoms with E-state index in [-0.39, 0.29) is 5.91 Å². The van der Waals surface area contributed by atoms with E-state index in [1.54, 1.807) is 0 Å². The third-order valence-electron chi connectivity index (χ3n) is 4.06. The average Bonchev–Trinajstić information content (AvgIpc) is 2.54. The van der Waals surface area contributed by atoms with E-state index in [2.05, 4.69) is 0 Å². The van der Waals surface area contributed by atoms with Gasteiger partial charge in [-0.2, -0.15) is 0 Å². The highest BCUT2D eigenvalue weighted by atomic mass is 32.2. The highest BCUT2D eigenvalue weighted by Gasteiger charge is 2.23. The molecule has 1 aromatic rings. The third-order valence-corrected chi connectivity index (χ3v) is 5.06. The molecular weight excluding hydrogens is 298 g/mol. The van der Waals surface area contributed by atoms with Crippen molar-refractivity contribution in [3.63, 3.8) is 0 Å². The van der Waals surface area contributed by atoms with E-state index >= 15 is 0 Å². The number of hydrogen-bond acceptors (Lipinski definition) is 3. The molecule has 5 heteroatoms. The van der Waals surface area contributed by atoms with Crippen molar-refractivity contribution in [1.29, 1.82) is 0 Å². The Morgan fingerprint density at radius 2 is 1.91 bits per heavy atom. The first-order valence-electron chi connectivity index (χ1n) is 7.99. The van der Waals surface area contributed by atoms with Crippen LogP contribution in [-0.4, -0.2) is 34.7 Å². The lowest BCUT2D eigenvalue weighted by molar-refractivity contribution is -0.132. The second-order valence-electron chi connectivity index (χ2n) is 5.91. The van der Waals surface area contributed by atoms with Crippen LogP contribution in [0.4, 0.5) is 0 Å². The number of carbonyl (C=O) groups is 1. The van der Waals surface area contributed by atoms with E-state index in [0.29, 0.717) is 23.8 Å². The number of piperidine rings is 1. The summed E-state index contributed by atoms with van der Waals surface area (Å²) >= 11 is -1.39. The Hall–Kier alpha value is -1.20. The molecule has 1 atom stereocenters. The van der Waals surface area contributed by atoms with Crippen molar-refractivity contribution in [3.05, 3.63) is 29.8 Å². The molecule has 1 aromatic carbocycles. The van der Waals surface area contributed by atoms with Gasteiger partial charge in [-0.15, -0.1) is 0 Å². The molecule has 122 valence electrons. The minimum absolute atomic E-state index is 0.255. The standard InChI is InChI=1S/C17H25NO3S/c1-3-4-17(19)18-11-9-15(10-12-18)13-21-22(20)16-7-5-14(2)6-8-16/h5-8,15H,3-4,9-13H2,1-2H3. The predicted octanol–water partition coefficient (Wildman–Crippen LogP) is 3.07. The Morgan fingerprint density at radius 3 is 2.50 bits per heavy atom. The number of aryl methyl sites for hydroxylation is 1. The van der Waals surface area contributed by atoms with Gasteiger partial charge >= 0.3 is 0 Å². The van der Waals surface area contributed by atoms with E-state index in [1.165, 1.54) is 0 Å². The van der Waals surface area contributed by atoms with E-state index in [1.807, 2.05) is 43.0 Å². The maximum absolute atomic E-state index is 12.1. The molecular formula is C17H25NO3S. The van der Waals surface area contributed by atoms with Crippen LogP contribution in [0.15, 0.2) is 29.2 Å². The van der Waals surface area contributed by atoms with Crippen molar-refractivity contribution in [2.75, 3.05) is 19.7 Å². The topological polar surface area (TPSA) is 46.6 Å². The summed E-state index contributed by atoms with van der Waals surface area (Å²) in [5.41, 5.74) is 1.14. The van der Waals surface area contributed by atoms with Crippen molar-refractivity contribution in [1.82, 2.24) is 4.90 Å². The zero-order valence-corrected chi connectivity index (χ0v) is 14.2. The van der Waals surface area contributed by atoms with Crippen LogP contribution in [0, 0.1) is 12.8 Å². The van der Waals surface area contributed by atoms with E-state index in [4.69, 9.17) is 4.18 Å². The largest absolute Gasteiger partial charge is 0.343 e. The summed E-state index contributed by atoms with van der Waals surface area (Å²) in [4.78, 5) is 14.5. The van der Waals surface area contributed by atoms with Gasteiger partial charge in [-0.3, -0.25) is 8.98 Å². The molecule has 1 amide bonds. The summed E-state index contributed by atoms with van der Waals surface area (Å²) in [5.74, 6) is 0.644. The molecule has 0 saturated carbocycles. The molecule has 1 fully saturated rings. The van der Waals surface area contributed by atoms with Crippen LogP contribution in [0.25, 0.3) is 0 Å². The van der Waals surface area contributed by atoms with Crippen molar-refractivity contribution in [3.8, 4) is 0 Å². The fraction of sp³-hybridized carbons (Fsp3) is 0.588. The molecule has 0 aliphatic carbocycles. The van der Waals surface area contributed by atoms with Gasteiger partial charge < -0.3 is 4.90 Å². The molecule has 2 rings (SSSR count). The number of nitrogens with zero attached hydrogens (tertiary/aromatic N) is 1. The number of benzene rings is 1. The average molecular weight is 323 g/mol. The van der Waals surface area contributed by atoms with Gasteiger partial charge in [0.15, 0.2) is 11.1 Å². The molecule has 1 saturated heterocycles. The summed E-state index contributed by atoms with van der Waals surface area (Å²) < 4.78 is 17.6. The SMILES string of the molecule is CCCC(=O)N1CCC(COS(=O)c2ccc(C)cc2)CC1. The quantitative estimate of drug-likeness (QED) is 0.808. The summed E-state index contributed by atoms with van der Waals surface area (Å²) in [7, 11) is 0. The first kappa shape index (κ1) is 17.2. The molecule has 0 spiro atoms. The highest BCUT2D eigenvalue weighted by Crippen LogP contribution is 2.20. The number of carbonyl (C=O) groups excluding carboxylic acids is 1. The zero-order valence-electron chi connectivity index (χ0n) is 13.4. The Bertz CT molecular complexity index is 507. The molecule has 1 aliphatic heterocycles. The Balaban J connectivity index is 1.73. The highest BCUT2D eigenvalue weighted by molar-refractivity contribution is 7.80. The van der Waals surface area contributed by atoms with Crippen LogP contribution in [0.2, 0.25) is 0 Å². The predicted molar refractivity (Wildman–Crippen MR) is 87.8 cm³/mol. The summed E-state index contributed by atoms with van der Waals surface area (Å²) in [6, 6.07) is 7.57. The number of likely N-dealkylation sites (tertiary alicyclic amines) is 1. The smallest absolute Gasteiger partial charge is 0.222 e. The number of rotatable bonds is 6. The van der Waals surface area contributed by atoms with Crippen LogP contribution in [-0.2, 0) is 20.1 Å². The van der Waals surface area contributed by atoms with Gasteiger partial charge in [0.1, 0.15) is 0 Å². The maximum atomic E-state index is 12.1. The number of hydrogen-bond donors (Lipinski definition) is 0. The summed E-state index contributed by atoms with van der Waals surface area (Å²) in [6.07, 6.45) is 3.40. The molecule has 22 heavy (non-hydrogen) atoms. The first-order chi connectivity index (χ1) is 10.6. The van der Waals surface area contributed by atoms with Gasteiger partial charge in [-0.1, -0.05) is 24.6 Å². The fourth-order valence-corrected chi connectivity index (χ4v) is 3.41. The van der Waals surface area contributed by atoms with Crippen molar-refractivity contribution in [2.45, 2.75) is 44.4 Å². The van der Waals surface area contributed by atoms with Crippen LogP contribution >= 0.6 is 0 Å². The minimum Gasteiger partial charge on any atom is -0.343 e. The molecule has 4 nitrogen and oxygen atoms in total. The summed E-state index contributed by atoms with van der Waals surface area (Å²) in [6.45, 7) is 6.12. The van der Waals surface area contributed by atoms with Crippen molar-refractivity contribution < 1.29 is 13.2 Å². The maximum Gasteiger partial charge on any atom is 0.222 e. The third kappa shape index (κ3) is 4.92. The molecule has 1 aliphatic rings. The monoisotopic (exact) mass is 323 g/mol. The molecule has 0 bridgehead atoms. The number of amides is 1. The zero-order chi connectivity index (χ0) is 15.9. The Morgan fingerprint density at radius 1 is 1.27 bits per heavy atom. The Labute approximate surface area is 135 Å². The second-order valence-corrected chi connectivity index (χ2v) is 7.08. The fourth-order valence-electron chi connectivity index (χ4n) is 2.60. The van der Waals surface area contributed by atoms with Crippen LogP contribution < -0.4 is 0 Å². The normalized spacial score (nSPS) is 17.5. The van der Waals surface area contributed by atoms with Crippen LogP contribution in [0.1, 0.15) is 38.2 Å². The molecule has 0 aromatic heterocycles. The van der Waals surface area contributed by atoms with Gasteiger partial charge in [-0.05, 0) is 44.2 Å². The lowest BCUT2D eigenvalue weighted by atomic mass is 9.97. The van der Waals surface area contributed by atoms with Crippen LogP contribution in [0.3, 0.4) is 0 Å². The van der Waals surface area contributed by atoms with Gasteiger partial charge in [0, 0.05) is 19.5 Å². The lowest BCUT2D eigenvalue weighted by Gasteiger charge is -2.31. The van der Waals surface area contributed by atoms with E-state index in [9.17, 15) is 9.00 Å². The second kappa shape index (κ2) is 8.44. The van der Waals surface area contributed by atoms with Gasteiger partial charge in [0.05, 0.1) is 11.5 Å². The first-order valence-corrected chi connectivity index (χ1v) is 9.07.